The van der Waals surface area contributed by atoms with Gasteiger partial charge >= 0.3 is 6.09 Å². The third-order valence-electron chi connectivity index (χ3n) is 5.81. The number of aliphatic hydroxyl groups is 2. The predicted molar refractivity (Wildman–Crippen MR) is 121 cm³/mol. The molecule has 0 spiro atoms. The third kappa shape index (κ3) is 4.39. The summed E-state index contributed by atoms with van der Waals surface area (Å²) in [4.78, 5) is 12.2. The standard InChI is InChI=1S/C25H26N2O5/c26-21-10-9-15(13-23(21)29)24(30)22(28)11-12-27-25(31)32-14-20-18-7-3-1-5-16(18)17-6-2-4-8-19(17)20/h1-10,13,20,22,24,28-30H,11-12,14,26H2,(H,27,31). The van der Waals surface area contributed by atoms with Gasteiger partial charge in [0, 0.05) is 12.5 Å². The first-order chi connectivity index (χ1) is 15.5. The zero-order chi connectivity index (χ0) is 22.7. The first-order valence-corrected chi connectivity index (χ1v) is 10.5. The topological polar surface area (TPSA) is 125 Å². The number of nitrogens with one attached hydrogen (secondary N) is 1. The molecule has 0 fully saturated rings. The quantitative estimate of drug-likeness (QED) is 0.287. The molecule has 0 aliphatic heterocycles. The van der Waals surface area contributed by atoms with Crippen LogP contribution in [0.1, 0.15) is 35.1 Å². The van der Waals surface area contributed by atoms with Crippen molar-refractivity contribution in [3.63, 3.8) is 0 Å². The van der Waals surface area contributed by atoms with Crippen LogP contribution >= 0.6 is 0 Å². The number of aliphatic hydroxyl groups excluding tert-OH is 2. The maximum atomic E-state index is 12.2. The highest BCUT2D eigenvalue weighted by molar-refractivity contribution is 5.79. The molecule has 0 saturated heterocycles. The molecule has 7 nitrogen and oxygen atoms in total. The van der Waals surface area contributed by atoms with Crippen LogP contribution in [0.15, 0.2) is 66.7 Å². The first-order valence-electron chi connectivity index (χ1n) is 10.5. The van der Waals surface area contributed by atoms with Crippen molar-refractivity contribution >= 4 is 11.8 Å². The van der Waals surface area contributed by atoms with E-state index in [0.29, 0.717) is 5.56 Å². The summed E-state index contributed by atoms with van der Waals surface area (Å²) in [5.74, 6) is -0.190. The van der Waals surface area contributed by atoms with Crippen LogP contribution in [-0.2, 0) is 4.74 Å². The number of benzene rings is 3. The molecule has 1 aliphatic carbocycles. The van der Waals surface area contributed by atoms with Gasteiger partial charge in [0.1, 0.15) is 18.5 Å². The molecule has 0 saturated carbocycles. The molecule has 1 amide bonds. The highest BCUT2D eigenvalue weighted by Crippen LogP contribution is 2.44. The maximum Gasteiger partial charge on any atom is 0.407 e. The van der Waals surface area contributed by atoms with E-state index in [0.717, 1.165) is 22.3 Å². The van der Waals surface area contributed by atoms with E-state index in [-0.39, 0.29) is 36.9 Å². The summed E-state index contributed by atoms with van der Waals surface area (Å²) in [6.07, 6.45) is -2.83. The number of phenols is 1. The van der Waals surface area contributed by atoms with Crippen LogP contribution in [0.25, 0.3) is 11.1 Å². The Bertz CT molecular complexity index is 1070. The number of phenolic OH excluding ortho intramolecular Hbond substituents is 1. The third-order valence-corrected chi connectivity index (χ3v) is 5.81. The van der Waals surface area contributed by atoms with E-state index in [9.17, 15) is 20.1 Å². The van der Waals surface area contributed by atoms with Crippen LogP contribution in [0.3, 0.4) is 0 Å². The number of carbonyl (C=O) groups is 1. The van der Waals surface area contributed by atoms with Gasteiger partial charge in [-0.05, 0) is 46.4 Å². The van der Waals surface area contributed by atoms with Gasteiger partial charge < -0.3 is 31.1 Å². The van der Waals surface area contributed by atoms with Crippen LogP contribution < -0.4 is 11.1 Å². The lowest BCUT2D eigenvalue weighted by Crippen LogP contribution is -2.30. The number of hydrogen-bond acceptors (Lipinski definition) is 6. The molecule has 6 N–H and O–H groups in total. The Hall–Kier alpha value is -3.55. The fourth-order valence-electron chi connectivity index (χ4n) is 4.10. The van der Waals surface area contributed by atoms with E-state index in [2.05, 4.69) is 17.4 Å². The van der Waals surface area contributed by atoms with Gasteiger partial charge in [-0.15, -0.1) is 0 Å². The Morgan fingerprint density at radius 3 is 2.25 bits per heavy atom. The molecular weight excluding hydrogens is 408 g/mol. The molecule has 32 heavy (non-hydrogen) atoms. The number of nitrogen functional groups attached to an aromatic ring is 1. The summed E-state index contributed by atoms with van der Waals surface area (Å²) in [6.45, 7) is 0.325. The zero-order valence-corrected chi connectivity index (χ0v) is 17.4. The van der Waals surface area contributed by atoms with Gasteiger partial charge in [-0.2, -0.15) is 0 Å². The highest BCUT2D eigenvalue weighted by Gasteiger charge is 2.29. The van der Waals surface area contributed by atoms with E-state index in [1.807, 2.05) is 36.4 Å². The molecule has 0 aromatic heterocycles. The van der Waals surface area contributed by atoms with Crippen molar-refractivity contribution in [2.45, 2.75) is 24.5 Å². The summed E-state index contributed by atoms with van der Waals surface area (Å²) in [5, 5.41) is 32.7. The van der Waals surface area contributed by atoms with E-state index in [4.69, 9.17) is 10.5 Å². The molecular formula is C25H26N2O5. The Labute approximate surface area is 186 Å². The van der Waals surface area contributed by atoms with Crippen LogP contribution in [0.5, 0.6) is 5.75 Å². The first kappa shape index (κ1) is 21.7. The number of hydrogen-bond donors (Lipinski definition) is 5. The van der Waals surface area contributed by atoms with Gasteiger partial charge in [0.2, 0.25) is 0 Å². The molecule has 0 radical (unpaired) electrons. The van der Waals surface area contributed by atoms with Gasteiger partial charge in [-0.3, -0.25) is 0 Å². The van der Waals surface area contributed by atoms with Crippen LogP contribution in [0, 0.1) is 0 Å². The van der Waals surface area contributed by atoms with Gasteiger partial charge in [0.05, 0.1) is 11.8 Å². The van der Waals surface area contributed by atoms with E-state index >= 15 is 0 Å². The van der Waals surface area contributed by atoms with Gasteiger partial charge in [-0.1, -0.05) is 54.6 Å². The molecule has 2 unspecified atom stereocenters. The van der Waals surface area contributed by atoms with E-state index in [1.165, 1.54) is 18.2 Å². The SMILES string of the molecule is Nc1ccc(C(O)C(O)CCNC(=O)OCC2c3ccccc3-c3ccccc32)cc1O. The number of aromatic hydroxyl groups is 1. The van der Waals surface area contributed by atoms with Crippen LogP contribution in [-0.4, -0.2) is 40.7 Å². The molecule has 1 aliphatic rings. The smallest absolute Gasteiger partial charge is 0.407 e. The van der Waals surface area contributed by atoms with Gasteiger partial charge in [0.25, 0.3) is 0 Å². The van der Waals surface area contributed by atoms with Crippen LogP contribution in [0.2, 0.25) is 0 Å². The average Bonchev–Trinajstić information content (AvgIpc) is 3.12. The minimum absolute atomic E-state index is 0.0289. The number of carbonyl (C=O) groups excluding carboxylic acids is 1. The Morgan fingerprint density at radius 2 is 1.62 bits per heavy atom. The van der Waals surface area contributed by atoms with Crippen molar-refractivity contribution < 1.29 is 24.9 Å². The van der Waals surface area contributed by atoms with Crippen LogP contribution in [0.4, 0.5) is 10.5 Å². The van der Waals surface area contributed by atoms with Crippen molar-refractivity contribution in [2.75, 3.05) is 18.9 Å². The van der Waals surface area contributed by atoms with Crippen molar-refractivity contribution in [2.24, 2.45) is 0 Å². The minimum Gasteiger partial charge on any atom is -0.506 e. The lowest BCUT2D eigenvalue weighted by molar-refractivity contribution is 0.0136. The largest absolute Gasteiger partial charge is 0.506 e. The lowest BCUT2D eigenvalue weighted by atomic mass is 9.98. The van der Waals surface area contributed by atoms with E-state index in [1.54, 1.807) is 0 Å². The fraction of sp³-hybridized carbons (Fsp3) is 0.240. The predicted octanol–water partition coefficient (Wildman–Crippen LogP) is 3.30. The number of amides is 1. The van der Waals surface area contributed by atoms with Crippen molar-refractivity contribution in [3.05, 3.63) is 83.4 Å². The molecule has 2 atom stereocenters. The average molecular weight is 434 g/mol. The van der Waals surface area contributed by atoms with Crippen molar-refractivity contribution in [3.8, 4) is 16.9 Å². The number of anilines is 1. The second-order valence-corrected chi connectivity index (χ2v) is 7.87. The summed E-state index contributed by atoms with van der Waals surface area (Å²) >= 11 is 0. The molecule has 3 aromatic carbocycles. The molecule has 166 valence electrons. The van der Waals surface area contributed by atoms with Gasteiger partial charge in [-0.25, -0.2) is 4.79 Å². The lowest BCUT2D eigenvalue weighted by Gasteiger charge is -2.19. The molecule has 4 rings (SSSR count). The molecule has 0 heterocycles. The van der Waals surface area contributed by atoms with Crippen molar-refractivity contribution in [1.29, 1.82) is 0 Å². The monoisotopic (exact) mass is 434 g/mol. The fourth-order valence-corrected chi connectivity index (χ4v) is 4.10. The Morgan fingerprint density at radius 1 is 1.00 bits per heavy atom. The molecule has 7 heteroatoms. The second-order valence-electron chi connectivity index (χ2n) is 7.87. The highest BCUT2D eigenvalue weighted by atomic mass is 16.5. The Balaban J connectivity index is 1.28. The van der Waals surface area contributed by atoms with Gasteiger partial charge in [0.15, 0.2) is 0 Å². The minimum atomic E-state index is -1.22. The summed E-state index contributed by atoms with van der Waals surface area (Å²) in [7, 11) is 0. The molecule has 3 aromatic rings. The number of fused-ring (bicyclic) bond motifs is 3. The maximum absolute atomic E-state index is 12.2. The summed E-state index contributed by atoms with van der Waals surface area (Å²) in [6, 6.07) is 20.5. The number of rotatable bonds is 7. The number of ether oxygens (including phenoxy) is 1. The Kier molecular flexibility index (Phi) is 6.30. The normalized spacial score (nSPS) is 14.3. The summed E-state index contributed by atoms with van der Waals surface area (Å²) < 4.78 is 5.45. The molecule has 0 bridgehead atoms. The number of alkyl carbamates (subject to hydrolysis) is 1. The zero-order valence-electron chi connectivity index (χ0n) is 17.4. The second kappa shape index (κ2) is 9.30. The van der Waals surface area contributed by atoms with E-state index < -0.39 is 18.3 Å². The number of nitrogens with two attached hydrogens (primary N) is 1. The van der Waals surface area contributed by atoms with Crippen molar-refractivity contribution in [1.82, 2.24) is 5.32 Å². The summed E-state index contributed by atoms with van der Waals surface area (Å²) in [5.41, 5.74) is 10.6.